The summed E-state index contributed by atoms with van der Waals surface area (Å²) < 4.78 is 19.8. The second kappa shape index (κ2) is 8.70. The van der Waals surface area contributed by atoms with Crippen molar-refractivity contribution in [2.75, 3.05) is 25.5 Å². The second-order valence-corrected chi connectivity index (χ2v) is 7.78. The third kappa shape index (κ3) is 4.17. The molecule has 0 saturated carbocycles. The Morgan fingerprint density at radius 2 is 1.97 bits per heavy atom. The van der Waals surface area contributed by atoms with Crippen molar-refractivity contribution in [3.05, 3.63) is 75.7 Å². The molecule has 3 aromatic rings. The van der Waals surface area contributed by atoms with Crippen molar-refractivity contribution >= 4 is 34.9 Å². The number of rotatable bonds is 5. The summed E-state index contributed by atoms with van der Waals surface area (Å²) in [5.74, 6) is 0.201. The number of carbonyl (C=O) groups is 1. The lowest BCUT2D eigenvalue weighted by molar-refractivity contribution is 0.0767. The van der Waals surface area contributed by atoms with Crippen LogP contribution in [0.1, 0.15) is 22.1 Å². The predicted octanol–water partition coefficient (Wildman–Crippen LogP) is 4.76. The number of aromatic nitrogens is 1. The van der Waals surface area contributed by atoms with Crippen LogP contribution in [0.2, 0.25) is 10.0 Å². The number of halogens is 3. The van der Waals surface area contributed by atoms with Crippen molar-refractivity contribution in [3.63, 3.8) is 0 Å². The summed E-state index contributed by atoms with van der Waals surface area (Å²) in [6, 6.07) is 11.5. The SMILES string of the molecule is CN(CCO)C(=O)c1ccc(-c2cnc3c(c2)OC(c2c(Cl)ccc(F)c2Cl)N3)cc1. The van der Waals surface area contributed by atoms with E-state index in [2.05, 4.69) is 10.3 Å². The minimum absolute atomic E-state index is 0.0950. The van der Waals surface area contributed by atoms with Crippen LogP contribution in [0.3, 0.4) is 0 Å². The van der Waals surface area contributed by atoms with Gasteiger partial charge in [0.15, 0.2) is 11.6 Å². The summed E-state index contributed by atoms with van der Waals surface area (Å²) in [5, 5.41) is 12.2. The summed E-state index contributed by atoms with van der Waals surface area (Å²) in [4.78, 5) is 18.1. The van der Waals surface area contributed by atoms with E-state index in [1.807, 2.05) is 12.1 Å². The van der Waals surface area contributed by atoms with Gasteiger partial charge < -0.3 is 20.1 Å². The Balaban J connectivity index is 1.56. The number of hydrogen-bond acceptors (Lipinski definition) is 5. The van der Waals surface area contributed by atoms with E-state index in [4.69, 9.17) is 33.0 Å². The molecule has 2 aromatic carbocycles. The number of fused-ring (bicyclic) bond motifs is 1. The number of anilines is 1. The van der Waals surface area contributed by atoms with E-state index in [0.29, 0.717) is 22.7 Å². The summed E-state index contributed by atoms with van der Waals surface area (Å²) in [6.45, 7) is 0.169. The number of amides is 1. The first kappa shape index (κ1) is 21.4. The van der Waals surface area contributed by atoms with E-state index in [9.17, 15) is 9.18 Å². The zero-order valence-corrected chi connectivity index (χ0v) is 17.9. The summed E-state index contributed by atoms with van der Waals surface area (Å²) >= 11 is 12.3. The van der Waals surface area contributed by atoms with Crippen LogP contribution < -0.4 is 10.1 Å². The minimum Gasteiger partial charge on any atom is -0.462 e. The fraction of sp³-hybridized carbons (Fsp3) is 0.182. The van der Waals surface area contributed by atoms with Gasteiger partial charge in [0.1, 0.15) is 5.82 Å². The van der Waals surface area contributed by atoms with Crippen LogP contribution in [0.5, 0.6) is 5.75 Å². The molecule has 0 spiro atoms. The highest BCUT2D eigenvalue weighted by Gasteiger charge is 2.30. The number of benzene rings is 2. The van der Waals surface area contributed by atoms with E-state index < -0.39 is 12.0 Å². The molecule has 1 aromatic heterocycles. The number of hydrogen-bond donors (Lipinski definition) is 2. The average molecular weight is 462 g/mol. The Bertz CT molecular complexity index is 1140. The molecule has 1 aliphatic heterocycles. The molecule has 2 heterocycles. The lowest BCUT2D eigenvalue weighted by Crippen LogP contribution is -2.29. The first-order valence-electron chi connectivity index (χ1n) is 9.42. The van der Waals surface area contributed by atoms with Gasteiger partial charge in [0, 0.05) is 30.9 Å². The van der Waals surface area contributed by atoms with Gasteiger partial charge in [0.25, 0.3) is 5.91 Å². The fourth-order valence-corrected chi connectivity index (χ4v) is 3.84. The topological polar surface area (TPSA) is 74.7 Å². The van der Waals surface area contributed by atoms with Crippen LogP contribution in [-0.2, 0) is 0 Å². The molecule has 1 unspecified atom stereocenters. The Kier molecular flexibility index (Phi) is 6.00. The molecule has 0 aliphatic carbocycles. The van der Waals surface area contributed by atoms with Crippen molar-refractivity contribution in [1.29, 1.82) is 0 Å². The molecular formula is C22H18Cl2FN3O3. The van der Waals surface area contributed by atoms with Crippen LogP contribution in [0.15, 0.2) is 48.7 Å². The van der Waals surface area contributed by atoms with E-state index in [0.717, 1.165) is 11.1 Å². The summed E-state index contributed by atoms with van der Waals surface area (Å²) in [5.41, 5.74) is 2.44. The van der Waals surface area contributed by atoms with Gasteiger partial charge in [0.2, 0.25) is 6.23 Å². The van der Waals surface area contributed by atoms with E-state index in [1.165, 1.54) is 17.0 Å². The quantitative estimate of drug-likeness (QED) is 0.535. The van der Waals surface area contributed by atoms with Crippen LogP contribution in [0, 0.1) is 5.82 Å². The molecule has 0 fully saturated rings. The van der Waals surface area contributed by atoms with Crippen LogP contribution in [-0.4, -0.2) is 41.1 Å². The average Bonchev–Trinajstić information content (AvgIpc) is 3.19. The molecule has 9 heteroatoms. The largest absolute Gasteiger partial charge is 0.462 e. The number of nitrogens with one attached hydrogen (secondary N) is 1. The zero-order chi connectivity index (χ0) is 22.1. The van der Waals surface area contributed by atoms with Gasteiger partial charge in [-0.05, 0) is 35.9 Å². The summed E-state index contributed by atoms with van der Waals surface area (Å²) in [6.07, 6.45) is 0.900. The monoisotopic (exact) mass is 461 g/mol. The zero-order valence-electron chi connectivity index (χ0n) is 16.4. The molecule has 160 valence electrons. The van der Waals surface area contributed by atoms with E-state index in [-0.39, 0.29) is 29.1 Å². The second-order valence-electron chi connectivity index (χ2n) is 7.00. The molecule has 6 nitrogen and oxygen atoms in total. The van der Waals surface area contributed by atoms with Crippen LogP contribution >= 0.6 is 23.2 Å². The number of likely N-dealkylation sites (N-methyl/N-ethyl adjacent to an activating group) is 1. The number of pyridine rings is 1. The van der Waals surface area contributed by atoms with Gasteiger partial charge in [-0.2, -0.15) is 0 Å². The third-order valence-corrected chi connectivity index (χ3v) is 5.67. The maximum atomic E-state index is 13.9. The predicted molar refractivity (Wildman–Crippen MR) is 117 cm³/mol. The normalized spacial score (nSPS) is 14.5. The molecule has 2 N–H and O–H groups in total. The molecule has 4 rings (SSSR count). The molecule has 1 atom stereocenters. The third-order valence-electron chi connectivity index (χ3n) is 4.95. The Hall–Kier alpha value is -2.87. The number of carbonyl (C=O) groups excluding carboxylic acids is 1. The Labute approximate surface area is 188 Å². The summed E-state index contributed by atoms with van der Waals surface area (Å²) in [7, 11) is 1.63. The lowest BCUT2D eigenvalue weighted by atomic mass is 10.0. The molecule has 1 aliphatic rings. The van der Waals surface area contributed by atoms with E-state index in [1.54, 1.807) is 31.4 Å². The van der Waals surface area contributed by atoms with Crippen LogP contribution in [0.25, 0.3) is 11.1 Å². The first-order chi connectivity index (χ1) is 14.9. The van der Waals surface area contributed by atoms with Gasteiger partial charge in [-0.15, -0.1) is 0 Å². The Morgan fingerprint density at radius 1 is 1.23 bits per heavy atom. The molecule has 0 radical (unpaired) electrons. The fourth-order valence-electron chi connectivity index (χ4n) is 3.27. The van der Waals surface area contributed by atoms with Gasteiger partial charge in [0.05, 0.1) is 22.2 Å². The van der Waals surface area contributed by atoms with Gasteiger partial charge in [-0.25, -0.2) is 9.37 Å². The highest BCUT2D eigenvalue weighted by Crippen LogP contribution is 2.42. The molecule has 0 bridgehead atoms. The minimum atomic E-state index is -0.768. The van der Waals surface area contributed by atoms with Crippen molar-refractivity contribution in [2.24, 2.45) is 0 Å². The highest BCUT2D eigenvalue weighted by atomic mass is 35.5. The maximum absolute atomic E-state index is 13.9. The first-order valence-corrected chi connectivity index (χ1v) is 10.2. The van der Waals surface area contributed by atoms with Crippen molar-refractivity contribution < 1.29 is 19.0 Å². The molecular weight excluding hydrogens is 444 g/mol. The van der Waals surface area contributed by atoms with Crippen LogP contribution in [0.4, 0.5) is 10.2 Å². The molecule has 0 saturated heterocycles. The number of aliphatic hydroxyl groups is 1. The maximum Gasteiger partial charge on any atom is 0.253 e. The van der Waals surface area contributed by atoms with Gasteiger partial charge in [-0.3, -0.25) is 4.79 Å². The Morgan fingerprint density at radius 3 is 2.68 bits per heavy atom. The lowest BCUT2D eigenvalue weighted by Gasteiger charge is -2.15. The van der Waals surface area contributed by atoms with Gasteiger partial charge >= 0.3 is 0 Å². The number of nitrogens with zero attached hydrogens (tertiary/aromatic N) is 2. The standard InChI is InChI=1S/C22H18Cl2FN3O3/c1-28(8-9-29)22(30)13-4-2-12(3-5-13)14-10-17-20(26-11-14)27-21(31-17)18-15(23)6-7-16(25)19(18)24/h2-7,10-11,21,29H,8-9H2,1H3,(H,26,27). The van der Waals surface area contributed by atoms with Crippen molar-refractivity contribution in [2.45, 2.75) is 6.23 Å². The smallest absolute Gasteiger partial charge is 0.253 e. The van der Waals surface area contributed by atoms with E-state index >= 15 is 0 Å². The van der Waals surface area contributed by atoms with Crippen molar-refractivity contribution in [3.8, 4) is 16.9 Å². The number of ether oxygens (including phenoxy) is 1. The van der Waals surface area contributed by atoms with Crippen molar-refractivity contribution in [1.82, 2.24) is 9.88 Å². The van der Waals surface area contributed by atoms with Gasteiger partial charge in [-0.1, -0.05) is 35.3 Å². The molecule has 31 heavy (non-hydrogen) atoms. The number of aliphatic hydroxyl groups excluding tert-OH is 1. The molecule has 1 amide bonds. The highest BCUT2D eigenvalue weighted by molar-refractivity contribution is 6.36.